The molecule has 0 spiro atoms. The number of carboxylic acid groups (broad SMARTS) is 1. The average Bonchev–Trinajstić information content (AvgIpc) is 2.92. The number of thioether (sulfide) groups is 1. The molecule has 2 rings (SSSR count). The van der Waals surface area contributed by atoms with Gasteiger partial charge in [-0.25, -0.2) is 0 Å². The maximum Gasteiger partial charge on any atom is 0.178 e. The Kier molecular flexibility index (Phi) is 5.77. The lowest BCUT2D eigenvalue weighted by molar-refractivity contribution is -0.305. The van der Waals surface area contributed by atoms with Crippen molar-refractivity contribution in [2.24, 2.45) is 10.1 Å². The third-order valence-electron chi connectivity index (χ3n) is 2.70. The number of nitrogens with one attached hydrogen (secondary N) is 1. The van der Waals surface area contributed by atoms with Crippen LogP contribution in [-0.4, -0.2) is 41.9 Å². The number of methoxy groups -OCH3 is 1. The van der Waals surface area contributed by atoms with Crippen molar-refractivity contribution >= 4 is 39.9 Å². The number of thiophene rings is 1. The van der Waals surface area contributed by atoms with Gasteiger partial charge in [-0.3, -0.25) is 10.4 Å². The van der Waals surface area contributed by atoms with Crippen LogP contribution in [0.2, 0.25) is 0 Å². The average molecular weight is 326 g/mol. The van der Waals surface area contributed by atoms with E-state index < -0.39 is 5.97 Å². The van der Waals surface area contributed by atoms with Crippen LogP contribution < -0.4 is 10.5 Å². The summed E-state index contributed by atoms with van der Waals surface area (Å²) in [6, 6.07) is 3.81. The van der Waals surface area contributed by atoms with Crippen LogP contribution in [0.5, 0.6) is 0 Å². The van der Waals surface area contributed by atoms with Crippen molar-refractivity contribution in [3.8, 4) is 0 Å². The van der Waals surface area contributed by atoms with Crippen molar-refractivity contribution in [2.45, 2.75) is 24.6 Å². The molecule has 6 nitrogen and oxygen atoms in total. The van der Waals surface area contributed by atoms with E-state index in [1.807, 2.05) is 24.4 Å². The predicted molar refractivity (Wildman–Crippen MR) is 83.8 cm³/mol. The molecule has 0 aliphatic carbocycles. The van der Waals surface area contributed by atoms with Crippen molar-refractivity contribution in [3.05, 3.63) is 22.4 Å². The molecule has 2 heterocycles. The Hall–Kier alpha value is -1.38. The molecule has 0 saturated heterocycles. The Morgan fingerprint density at radius 2 is 2.48 bits per heavy atom. The van der Waals surface area contributed by atoms with Gasteiger partial charge in [-0.15, -0.1) is 11.3 Å². The fourth-order valence-corrected chi connectivity index (χ4v) is 3.83. The number of nitrogens with zero attached hydrogens (tertiary/aromatic N) is 2. The smallest absolute Gasteiger partial charge is 0.178 e. The minimum absolute atomic E-state index is 0.0212. The van der Waals surface area contributed by atoms with Gasteiger partial charge >= 0.3 is 0 Å². The van der Waals surface area contributed by atoms with Crippen LogP contribution in [0.1, 0.15) is 18.2 Å². The van der Waals surface area contributed by atoms with Crippen LogP contribution in [0.4, 0.5) is 0 Å². The molecular weight excluding hydrogens is 310 g/mol. The monoisotopic (exact) mass is 326 g/mol. The van der Waals surface area contributed by atoms with Crippen LogP contribution in [0, 0.1) is 0 Å². The summed E-state index contributed by atoms with van der Waals surface area (Å²) in [5.41, 5.74) is 3.61. The second kappa shape index (κ2) is 7.58. The van der Waals surface area contributed by atoms with E-state index in [2.05, 4.69) is 15.5 Å². The van der Waals surface area contributed by atoms with Crippen LogP contribution in [0.3, 0.4) is 0 Å². The Morgan fingerprint density at radius 3 is 3.10 bits per heavy atom. The molecule has 1 N–H and O–H groups in total. The van der Waals surface area contributed by atoms with Crippen LogP contribution in [-0.2, 0) is 9.53 Å². The fourth-order valence-electron chi connectivity index (χ4n) is 1.86. The number of carbonyl (C=O) groups is 1. The lowest BCUT2D eigenvalue weighted by atomic mass is 10.1. The van der Waals surface area contributed by atoms with Crippen LogP contribution in [0.25, 0.3) is 0 Å². The van der Waals surface area contributed by atoms with E-state index >= 15 is 0 Å². The third-order valence-corrected chi connectivity index (χ3v) is 4.69. The van der Waals surface area contributed by atoms with E-state index in [9.17, 15) is 9.90 Å². The van der Waals surface area contributed by atoms with Crippen molar-refractivity contribution in [3.63, 3.8) is 0 Å². The highest BCUT2D eigenvalue weighted by molar-refractivity contribution is 8.15. The highest BCUT2D eigenvalue weighted by Gasteiger charge is 2.26. The number of rotatable bonds is 6. The predicted octanol–water partition coefficient (Wildman–Crippen LogP) is 0.688. The second-order valence-electron chi connectivity index (χ2n) is 4.51. The first-order valence-electron chi connectivity index (χ1n) is 6.41. The Labute approximate surface area is 131 Å². The topological polar surface area (TPSA) is 86.1 Å². The molecule has 0 fully saturated rings. The summed E-state index contributed by atoms with van der Waals surface area (Å²) in [7, 11) is 1.62. The number of amidine groups is 1. The molecular formula is C13H16N3O3S2-. The highest BCUT2D eigenvalue weighted by Crippen LogP contribution is 2.26. The summed E-state index contributed by atoms with van der Waals surface area (Å²) in [6.07, 6.45) is -0.0965. The first kappa shape index (κ1) is 16.0. The first-order valence-corrected chi connectivity index (χ1v) is 8.16. The van der Waals surface area contributed by atoms with Crippen LogP contribution >= 0.6 is 23.1 Å². The van der Waals surface area contributed by atoms with E-state index in [4.69, 9.17) is 4.74 Å². The van der Waals surface area contributed by atoms with Crippen molar-refractivity contribution in [2.75, 3.05) is 13.7 Å². The number of aliphatic imine (C=N–C) groups is 1. The van der Waals surface area contributed by atoms with E-state index in [1.54, 1.807) is 7.11 Å². The first-order chi connectivity index (χ1) is 10.1. The molecule has 2 atom stereocenters. The van der Waals surface area contributed by atoms with Gasteiger partial charge in [-0.05, 0) is 18.4 Å². The largest absolute Gasteiger partial charge is 0.550 e. The normalized spacial score (nSPS) is 21.7. The number of hydrazone groups is 1. The zero-order valence-corrected chi connectivity index (χ0v) is 13.4. The number of carbonyl (C=O) groups excluding carboxylic acids is 1. The molecule has 1 aliphatic rings. The minimum Gasteiger partial charge on any atom is -0.550 e. The molecule has 1 aromatic rings. The quantitative estimate of drug-likeness (QED) is 0.831. The van der Waals surface area contributed by atoms with Gasteiger partial charge in [0.1, 0.15) is 0 Å². The van der Waals surface area contributed by atoms with Crippen LogP contribution in [0.15, 0.2) is 27.6 Å². The Morgan fingerprint density at radius 1 is 1.67 bits per heavy atom. The molecule has 114 valence electrons. The number of carboxylic acids is 1. The standard InChI is InChI=1S/C13H17N3O3S2/c1-8(7-19-2)14-13-16-15-12(9-4-3-5-20-9)10(21-13)6-11(17)18/h3-5,8,10H,6-7H2,1-2H3,(H,14,16)(H,17,18)/p-1/t8-,10+/m1/s1. The molecule has 21 heavy (non-hydrogen) atoms. The molecule has 0 radical (unpaired) electrons. The van der Waals surface area contributed by atoms with Gasteiger partial charge in [0.15, 0.2) is 5.17 Å². The Balaban J connectivity index is 2.18. The molecule has 0 aromatic carbocycles. The van der Waals surface area contributed by atoms with Gasteiger partial charge in [-0.1, -0.05) is 17.8 Å². The summed E-state index contributed by atoms with van der Waals surface area (Å²) in [6.45, 7) is 2.42. The maximum absolute atomic E-state index is 11.0. The number of ether oxygens (including phenoxy) is 1. The Bertz CT molecular complexity index is 543. The zero-order valence-electron chi connectivity index (χ0n) is 11.7. The molecule has 0 saturated carbocycles. The summed E-state index contributed by atoms with van der Waals surface area (Å²) < 4.78 is 5.03. The van der Waals surface area contributed by atoms with Crippen molar-refractivity contribution in [1.82, 2.24) is 5.43 Å². The minimum atomic E-state index is -1.09. The molecule has 0 bridgehead atoms. The van der Waals surface area contributed by atoms with E-state index in [0.717, 1.165) is 10.6 Å². The van der Waals surface area contributed by atoms with Gasteiger partial charge in [0.05, 0.1) is 28.5 Å². The number of aliphatic carboxylic acids is 1. The zero-order chi connectivity index (χ0) is 15.2. The van der Waals surface area contributed by atoms with Gasteiger partial charge in [-0.2, -0.15) is 5.10 Å². The van der Waals surface area contributed by atoms with E-state index in [0.29, 0.717) is 11.8 Å². The summed E-state index contributed by atoms with van der Waals surface area (Å²) in [5, 5.41) is 17.5. The maximum atomic E-state index is 11.0. The lowest BCUT2D eigenvalue weighted by Gasteiger charge is -2.24. The van der Waals surface area contributed by atoms with Gasteiger partial charge in [0, 0.05) is 19.5 Å². The third kappa shape index (κ3) is 4.55. The van der Waals surface area contributed by atoms with Crippen molar-refractivity contribution in [1.29, 1.82) is 0 Å². The lowest BCUT2D eigenvalue weighted by Crippen LogP contribution is -2.37. The van der Waals surface area contributed by atoms with E-state index in [1.165, 1.54) is 23.1 Å². The van der Waals surface area contributed by atoms with Gasteiger partial charge in [0.25, 0.3) is 0 Å². The highest BCUT2D eigenvalue weighted by atomic mass is 32.2. The van der Waals surface area contributed by atoms with Crippen molar-refractivity contribution < 1.29 is 14.6 Å². The van der Waals surface area contributed by atoms with Gasteiger partial charge < -0.3 is 14.6 Å². The van der Waals surface area contributed by atoms with Gasteiger partial charge in [0.2, 0.25) is 0 Å². The molecule has 1 aliphatic heterocycles. The summed E-state index contributed by atoms with van der Waals surface area (Å²) >= 11 is 2.88. The number of hydrogen-bond donors (Lipinski definition) is 1. The molecule has 8 heteroatoms. The SMILES string of the molecule is COC[C@@H](C)N=C1NN=C(c2cccs2)[C@H](CC(=O)[O-])S1. The fraction of sp³-hybridized carbons (Fsp3) is 0.462. The molecule has 0 amide bonds. The van der Waals surface area contributed by atoms with E-state index in [-0.39, 0.29) is 17.7 Å². The molecule has 0 unspecified atom stereocenters. The summed E-state index contributed by atoms with van der Waals surface area (Å²) in [4.78, 5) is 16.3. The second-order valence-corrected chi connectivity index (χ2v) is 6.65. The molecule has 1 aromatic heterocycles. The number of hydrogen-bond acceptors (Lipinski definition) is 7. The summed E-state index contributed by atoms with van der Waals surface area (Å²) in [5.74, 6) is -1.09.